The Hall–Kier alpha value is -3.84. The minimum Gasteiger partial charge on any atom is -0.467 e. The van der Waals surface area contributed by atoms with E-state index in [0.29, 0.717) is 38.4 Å². The van der Waals surface area contributed by atoms with Gasteiger partial charge in [-0.25, -0.2) is 28.1 Å². The van der Waals surface area contributed by atoms with E-state index in [4.69, 9.17) is 14.2 Å². The van der Waals surface area contributed by atoms with E-state index in [0.717, 1.165) is 42.5 Å². The predicted molar refractivity (Wildman–Crippen MR) is 154 cm³/mol. The van der Waals surface area contributed by atoms with E-state index in [9.17, 15) is 28.3 Å². The van der Waals surface area contributed by atoms with Crippen LogP contribution in [0.4, 0.5) is 24.2 Å². The number of rotatable bonds is 17. The number of unbranched alkanes of at least 4 members (excludes halogenated alkanes) is 1. The Morgan fingerprint density at radius 2 is 1.88 bits per heavy atom. The number of nitrogens with one attached hydrogen (secondary N) is 1. The Balaban J connectivity index is 1.52. The molecule has 1 aromatic heterocycles. The Bertz CT molecular complexity index is 1170. The van der Waals surface area contributed by atoms with E-state index in [1.165, 1.54) is 12.0 Å². The lowest BCUT2D eigenvalue weighted by atomic mass is 10.0. The van der Waals surface area contributed by atoms with Crippen molar-refractivity contribution in [2.75, 3.05) is 51.4 Å². The summed E-state index contributed by atoms with van der Waals surface area (Å²) in [7, 11) is 1.23. The van der Waals surface area contributed by atoms with E-state index in [2.05, 4.69) is 10.3 Å². The van der Waals surface area contributed by atoms with Crippen LogP contribution in [-0.4, -0.2) is 92.1 Å². The Labute approximate surface area is 250 Å². The van der Waals surface area contributed by atoms with Gasteiger partial charge >= 0.3 is 18.2 Å². The molecule has 2 heterocycles. The minimum atomic E-state index is -2.57. The first-order valence-corrected chi connectivity index (χ1v) is 14.4. The van der Waals surface area contributed by atoms with Crippen molar-refractivity contribution in [3.63, 3.8) is 0 Å². The lowest BCUT2D eigenvalue weighted by Gasteiger charge is -2.26. The molecule has 0 saturated carbocycles. The number of carbonyl (C=O) groups excluding carboxylic acids is 2. The number of fused-ring (bicyclic) bond motifs is 1. The molecule has 0 aliphatic carbocycles. The zero-order chi connectivity index (χ0) is 31.0. The summed E-state index contributed by atoms with van der Waals surface area (Å²) in [5.74, 6) is -0.128. The number of carbonyl (C=O) groups is 3. The molecule has 13 heteroatoms. The Morgan fingerprint density at radius 1 is 1.09 bits per heavy atom. The third kappa shape index (κ3) is 11.8. The van der Waals surface area contributed by atoms with Gasteiger partial charge < -0.3 is 29.5 Å². The van der Waals surface area contributed by atoms with Crippen LogP contribution >= 0.6 is 0 Å². The quantitative estimate of drug-likeness (QED) is 0.200. The number of hydrogen-bond acceptors (Lipinski definition) is 8. The number of alkyl halides is 2. The second-order valence-corrected chi connectivity index (χ2v) is 10.2. The number of aromatic nitrogens is 1. The highest BCUT2D eigenvalue weighted by Crippen LogP contribution is 2.25. The van der Waals surface area contributed by atoms with Crippen molar-refractivity contribution in [1.29, 1.82) is 0 Å². The van der Waals surface area contributed by atoms with Crippen LogP contribution in [0.25, 0.3) is 0 Å². The van der Waals surface area contributed by atoms with Crippen molar-refractivity contribution in [2.45, 2.75) is 57.6 Å². The zero-order valence-corrected chi connectivity index (χ0v) is 24.4. The number of methoxy groups -OCH3 is 1. The van der Waals surface area contributed by atoms with Gasteiger partial charge in [-0.05, 0) is 62.3 Å². The fourth-order valence-corrected chi connectivity index (χ4v) is 4.76. The van der Waals surface area contributed by atoms with Gasteiger partial charge in [0.2, 0.25) is 0 Å². The molecule has 11 nitrogen and oxygen atoms in total. The van der Waals surface area contributed by atoms with Crippen LogP contribution < -0.4 is 10.2 Å². The molecule has 1 unspecified atom stereocenters. The van der Waals surface area contributed by atoms with Gasteiger partial charge in [-0.2, -0.15) is 0 Å². The smallest absolute Gasteiger partial charge is 0.413 e. The maximum atomic E-state index is 12.5. The van der Waals surface area contributed by atoms with E-state index in [-0.39, 0.29) is 19.6 Å². The van der Waals surface area contributed by atoms with Crippen molar-refractivity contribution in [3.8, 4) is 0 Å². The topological polar surface area (TPSA) is 131 Å². The largest absolute Gasteiger partial charge is 0.467 e. The summed E-state index contributed by atoms with van der Waals surface area (Å²) in [5.41, 5.74) is 2.51. The number of alkyl carbamates (subject to hydrolysis) is 1. The fourth-order valence-electron chi connectivity index (χ4n) is 4.76. The third-order valence-electron chi connectivity index (χ3n) is 7.01. The third-order valence-corrected chi connectivity index (χ3v) is 7.01. The monoisotopic (exact) mass is 606 g/mol. The molecule has 0 fully saturated rings. The summed E-state index contributed by atoms with van der Waals surface area (Å²) >= 11 is 0. The number of nitrogens with zero attached hydrogens (tertiary/aromatic N) is 3. The molecule has 1 aromatic carbocycles. The molecular formula is C30H40F2N4O7. The average molecular weight is 607 g/mol. The Morgan fingerprint density at radius 3 is 2.60 bits per heavy atom. The molecular weight excluding hydrogens is 566 g/mol. The number of pyridine rings is 1. The molecule has 1 aliphatic rings. The molecule has 2 aromatic rings. The molecule has 0 spiro atoms. The number of aryl methyl sites for hydroxylation is 2. The summed E-state index contributed by atoms with van der Waals surface area (Å²) in [6, 6.07) is 12.0. The van der Waals surface area contributed by atoms with Crippen LogP contribution in [-0.2, 0) is 38.5 Å². The van der Waals surface area contributed by atoms with Gasteiger partial charge in [0.05, 0.1) is 13.7 Å². The summed E-state index contributed by atoms with van der Waals surface area (Å²) in [6.07, 6.45) is -0.465. The van der Waals surface area contributed by atoms with Crippen LogP contribution in [0, 0.1) is 0 Å². The van der Waals surface area contributed by atoms with Crippen LogP contribution in [0.5, 0.6) is 0 Å². The molecule has 1 aliphatic heterocycles. The first-order chi connectivity index (χ1) is 20.8. The van der Waals surface area contributed by atoms with E-state index < -0.39 is 37.2 Å². The van der Waals surface area contributed by atoms with E-state index >= 15 is 0 Å². The second-order valence-electron chi connectivity index (χ2n) is 10.2. The predicted octanol–water partition coefficient (Wildman–Crippen LogP) is 4.28. The van der Waals surface area contributed by atoms with Crippen LogP contribution in [0.3, 0.4) is 0 Å². The molecule has 0 saturated heterocycles. The lowest BCUT2D eigenvalue weighted by molar-refractivity contribution is -0.143. The Kier molecular flexibility index (Phi) is 14.1. The molecule has 2 N–H and O–H groups in total. The molecule has 43 heavy (non-hydrogen) atoms. The van der Waals surface area contributed by atoms with Crippen LogP contribution in [0.15, 0.2) is 42.5 Å². The van der Waals surface area contributed by atoms with Gasteiger partial charge in [-0.3, -0.25) is 4.90 Å². The molecule has 3 rings (SSSR count). The number of esters is 1. The van der Waals surface area contributed by atoms with Gasteiger partial charge in [0.1, 0.15) is 25.1 Å². The maximum absolute atomic E-state index is 12.5. The van der Waals surface area contributed by atoms with Crippen molar-refractivity contribution in [1.82, 2.24) is 15.2 Å². The highest BCUT2D eigenvalue weighted by atomic mass is 19.3. The van der Waals surface area contributed by atoms with Crippen molar-refractivity contribution < 1.29 is 42.5 Å². The molecule has 0 bridgehead atoms. The second kappa shape index (κ2) is 18.0. The number of benzene rings is 1. The highest BCUT2D eigenvalue weighted by molar-refractivity contribution is 5.86. The van der Waals surface area contributed by atoms with Gasteiger partial charge in [-0.15, -0.1) is 0 Å². The first kappa shape index (κ1) is 33.7. The van der Waals surface area contributed by atoms with Gasteiger partial charge in [0.15, 0.2) is 0 Å². The fraction of sp³-hybridized carbons (Fsp3) is 0.533. The minimum absolute atomic E-state index is 0.0432. The average Bonchev–Trinajstić information content (AvgIpc) is 3.01. The number of amides is 2. The highest BCUT2D eigenvalue weighted by Gasteiger charge is 2.25. The normalized spacial score (nSPS) is 13.5. The number of anilines is 1. The van der Waals surface area contributed by atoms with Crippen molar-refractivity contribution in [2.24, 2.45) is 0 Å². The molecule has 2 amide bonds. The van der Waals surface area contributed by atoms with Crippen molar-refractivity contribution >= 4 is 24.0 Å². The number of ether oxygens (including phenoxy) is 3. The van der Waals surface area contributed by atoms with Crippen LogP contribution in [0.2, 0.25) is 0 Å². The summed E-state index contributed by atoms with van der Waals surface area (Å²) in [4.78, 5) is 44.2. The summed E-state index contributed by atoms with van der Waals surface area (Å²) in [6.45, 7) is 1.18. The van der Waals surface area contributed by atoms with Gasteiger partial charge in [0.25, 0.3) is 6.43 Å². The summed E-state index contributed by atoms with van der Waals surface area (Å²) in [5, 5.41) is 12.1. The summed E-state index contributed by atoms with van der Waals surface area (Å²) < 4.78 is 40.2. The lowest BCUT2D eigenvalue weighted by Crippen LogP contribution is -2.44. The number of hydrogen-bond donors (Lipinski definition) is 2. The first-order valence-electron chi connectivity index (χ1n) is 14.4. The van der Waals surface area contributed by atoms with Crippen LogP contribution in [0.1, 0.15) is 42.5 Å². The zero-order valence-electron chi connectivity index (χ0n) is 24.4. The molecule has 1 atom stereocenters. The number of halogens is 2. The van der Waals surface area contributed by atoms with Gasteiger partial charge in [0, 0.05) is 25.3 Å². The van der Waals surface area contributed by atoms with E-state index in [1.54, 1.807) is 0 Å². The van der Waals surface area contributed by atoms with Gasteiger partial charge in [-0.1, -0.05) is 36.4 Å². The number of carboxylic acid groups (broad SMARTS) is 1. The standard InChI is InChI=1S/C30H40F2N4O7/c1-41-28(37)25(34-29(38)43-20-22-8-3-2-4-9-22)14-17-35(18-19-42-21-26(31)32)15-6-5-11-24-13-12-23-10-7-16-36(30(39)40)27(23)33-24/h2-4,8-9,12-13,25-26H,5-7,10-11,14-21H2,1H3,(H,34,38)(H,39,40). The van der Waals surface area contributed by atoms with E-state index in [1.807, 2.05) is 47.4 Å². The molecule has 236 valence electrons. The van der Waals surface area contributed by atoms with Crippen molar-refractivity contribution in [3.05, 3.63) is 59.3 Å². The maximum Gasteiger partial charge on any atom is 0.413 e. The molecule has 0 radical (unpaired) electrons. The SMILES string of the molecule is COC(=O)C(CCN(CCCCc1ccc2c(n1)N(C(=O)O)CCC2)CCOCC(F)F)NC(=O)OCc1ccccc1.